The number of methoxy groups -OCH3 is 1. The maximum atomic E-state index is 13.4. The van der Waals surface area contributed by atoms with Crippen LogP contribution in [0.25, 0.3) is 16.7 Å². The molecule has 0 spiro atoms. The number of nitrogens with zero attached hydrogens (tertiary/aromatic N) is 1. The SMILES string of the molecule is CCOc1ccc(/C(O)=C2\C(=O)C(=O)N(CCOC)C2c2c(C)[nH]c3ccccc23)c(OCC)c1. The van der Waals surface area contributed by atoms with Crippen LogP contribution in [0.2, 0.25) is 0 Å². The number of likely N-dealkylation sites (tertiary alicyclic amines) is 1. The Morgan fingerprint density at radius 1 is 1.09 bits per heavy atom. The van der Waals surface area contributed by atoms with Crippen molar-refractivity contribution in [3.63, 3.8) is 0 Å². The predicted octanol–water partition coefficient (Wildman–Crippen LogP) is 4.34. The van der Waals surface area contributed by atoms with Crippen molar-refractivity contribution in [3.8, 4) is 11.5 Å². The number of aryl methyl sites for hydroxylation is 1. The van der Waals surface area contributed by atoms with Crippen LogP contribution >= 0.6 is 0 Å². The number of benzene rings is 2. The van der Waals surface area contributed by atoms with Gasteiger partial charge in [0.25, 0.3) is 11.7 Å². The lowest BCUT2D eigenvalue weighted by Crippen LogP contribution is -2.32. The van der Waals surface area contributed by atoms with E-state index in [0.29, 0.717) is 30.3 Å². The fourth-order valence-electron chi connectivity index (χ4n) is 4.63. The van der Waals surface area contributed by atoms with Gasteiger partial charge in [0, 0.05) is 41.9 Å². The second kappa shape index (κ2) is 10.2. The van der Waals surface area contributed by atoms with E-state index in [4.69, 9.17) is 14.2 Å². The van der Waals surface area contributed by atoms with Gasteiger partial charge in [-0.15, -0.1) is 0 Å². The van der Waals surface area contributed by atoms with E-state index in [-0.39, 0.29) is 24.5 Å². The van der Waals surface area contributed by atoms with Crippen molar-refractivity contribution in [1.82, 2.24) is 9.88 Å². The second-order valence-corrected chi connectivity index (χ2v) is 8.22. The first-order valence-corrected chi connectivity index (χ1v) is 11.7. The number of hydrogen-bond acceptors (Lipinski definition) is 6. The number of fused-ring (bicyclic) bond motifs is 1. The molecule has 1 aliphatic heterocycles. The van der Waals surface area contributed by atoms with E-state index >= 15 is 0 Å². The summed E-state index contributed by atoms with van der Waals surface area (Å²) in [5.74, 6) is -0.762. The van der Waals surface area contributed by atoms with E-state index in [2.05, 4.69) is 4.98 Å². The Balaban J connectivity index is 1.95. The van der Waals surface area contributed by atoms with Gasteiger partial charge in [0.15, 0.2) is 0 Å². The number of para-hydroxylation sites is 1. The number of amides is 1. The van der Waals surface area contributed by atoms with Crippen LogP contribution in [0, 0.1) is 6.92 Å². The molecule has 3 aromatic rings. The van der Waals surface area contributed by atoms with E-state index in [0.717, 1.165) is 22.2 Å². The summed E-state index contributed by atoms with van der Waals surface area (Å²) in [5.41, 5.74) is 2.80. The van der Waals surface area contributed by atoms with Gasteiger partial charge in [0.1, 0.15) is 17.3 Å². The molecule has 1 aliphatic rings. The Bertz CT molecular complexity index is 1290. The number of carbonyl (C=O) groups is 2. The molecule has 0 bridgehead atoms. The molecule has 1 unspecified atom stereocenters. The molecule has 0 radical (unpaired) electrons. The van der Waals surface area contributed by atoms with Gasteiger partial charge in [-0.2, -0.15) is 0 Å². The van der Waals surface area contributed by atoms with Crippen LogP contribution < -0.4 is 9.47 Å². The summed E-state index contributed by atoms with van der Waals surface area (Å²) in [6.45, 7) is 6.87. The first kappa shape index (κ1) is 24.3. The third kappa shape index (κ3) is 4.37. The molecule has 1 saturated heterocycles. The van der Waals surface area contributed by atoms with Gasteiger partial charge in [-0.3, -0.25) is 9.59 Å². The molecule has 4 rings (SSSR count). The van der Waals surface area contributed by atoms with E-state index in [1.165, 1.54) is 12.0 Å². The number of Topliss-reactive ketones (excluding diaryl/α,β-unsaturated/α-hetero) is 1. The molecule has 8 nitrogen and oxygen atoms in total. The average Bonchev–Trinajstić information content (AvgIpc) is 3.30. The summed E-state index contributed by atoms with van der Waals surface area (Å²) in [7, 11) is 1.54. The van der Waals surface area contributed by atoms with Gasteiger partial charge in [-0.1, -0.05) is 18.2 Å². The van der Waals surface area contributed by atoms with Crippen molar-refractivity contribution in [1.29, 1.82) is 0 Å². The number of carbonyl (C=O) groups excluding carboxylic acids is 2. The molecule has 184 valence electrons. The van der Waals surface area contributed by atoms with Gasteiger partial charge in [0.2, 0.25) is 0 Å². The molecule has 1 fully saturated rings. The molecule has 1 atom stereocenters. The lowest BCUT2D eigenvalue weighted by Gasteiger charge is -2.25. The van der Waals surface area contributed by atoms with Crippen LogP contribution in [0.4, 0.5) is 0 Å². The molecule has 35 heavy (non-hydrogen) atoms. The standard InChI is InChI=1S/C27H30N2O6/c1-5-34-17-11-12-19(21(15-17)35-6-2)25(30)23-24(29(13-14-33-4)27(32)26(23)31)22-16(3)28-20-10-8-7-9-18(20)22/h7-12,15,24,28,30H,5-6,13-14H2,1-4H3/b25-23+. The maximum Gasteiger partial charge on any atom is 0.295 e. The molecule has 1 amide bonds. The number of ketones is 1. The number of aliphatic hydroxyl groups is 1. The molecule has 2 aromatic carbocycles. The summed E-state index contributed by atoms with van der Waals surface area (Å²) >= 11 is 0. The van der Waals surface area contributed by atoms with Crippen molar-refractivity contribution in [2.75, 3.05) is 33.5 Å². The van der Waals surface area contributed by atoms with Crippen LogP contribution in [0.3, 0.4) is 0 Å². The molecular formula is C27H30N2O6. The molecule has 0 saturated carbocycles. The molecule has 0 aliphatic carbocycles. The van der Waals surface area contributed by atoms with Gasteiger partial charge < -0.3 is 29.2 Å². The van der Waals surface area contributed by atoms with Gasteiger partial charge in [0.05, 0.1) is 37.0 Å². The highest BCUT2D eigenvalue weighted by molar-refractivity contribution is 6.46. The molecule has 8 heteroatoms. The normalized spacial score (nSPS) is 17.4. The highest BCUT2D eigenvalue weighted by atomic mass is 16.5. The van der Waals surface area contributed by atoms with Crippen LogP contribution in [-0.4, -0.2) is 60.2 Å². The largest absolute Gasteiger partial charge is 0.507 e. The number of aliphatic hydroxyl groups excluding tert-OH is 1. The lowest BCUT2D eigenvalue weighted by atomic mass is 9.93. The number of ether oxygens (including phenoxy) is 3. The van der Waals surface area contributed by atoms with Crippen molar-refractivity contribution < 1.29 is 28.9 Å². The predicted molar refractivity (Wildman–Crippen MR) is 133 cm³/mol. The van der Waals surface area contributed by atoms with Crippen LogP contribution in [0.1, 0.15) is 36.7 Å². The summed E-state index contributed by atoms with van der Waals surface area (Å²) in [5, 5.41) is 12.4. The van der Waals surface area contributed by atoms with Crippen molar-refractivity contribution >= 4 is 28.4 Å². The molecule has 2 N–H and O–H groups in total. The summed E-state index contributed by atoms with van der Waals surface area (Å²) < 4.78 is 16.6. The monoisotopic (exact) mass is 478 g/mol. The Labute approximate surface area is 204 Å². The van der Waals surface area contributed by atoms with E-state index in [9.17, 15) is 14.7 Å². The highest BCUT2D eigenvalue weighted by Gasteiger charge is 2.47. The molecule has 1 aromatic heterocycles. The minimum absolute atomic E-state index is 0.0177. The van der Waals surface area contributed by atoms with Crippen molar-refractivity contribution in [2.24, 2.45) is 0 Å². The zero-order chi connectivity index (χ0) is 25.1. The number of H-pyrrole nitrogens is 1. The smallest absolute Gasteiger partial charge is 0.295 e. The van der Waals surface area contributed by atoms with Crippen LogP contribution in [0.5, 0.6) is 11.5 Å². The van der Waals surface area contributed by atoms with Crippen molar-refractivity contribution in [2.45, 2.75) is 26.8 Å². The minimum Gasteiger partial charge on any atom is -0.507 e. The topological polar surface area (TPSA) is 101 Å². The van der Waals surface area contributed by atoms with E-state index < -0.39 is 17.7 Å². The van der Waals surface area contributed by atoms with E-state index in [1.54, 1.807) is 18.2 Å². The summed E-state index contributed by atoms with van der Waals surface area (Å²) in [6, 6.07) is 11.9. The average molecular weight is 479 g/mol. The summed E-state index contributed by atoms with van der Waals surface area (Å²) in [4.78, 5) is 31.3. The van der Waals surface area contributed by atoms with Gasteiger partial charge in [-0.05, 0) is 39.0 Å². The maximum absolute atomic E-state index is 13.4. The zero-order valence-corrected chi connectivity index (χ0v) is 20.4. The van der Waals surface area contributed by atoms with Gasteiger partial charge in [-0.25, -0.2) is 0 Å². The number of rotatable bonds is 9. The Morgan fingerprint density at radius 2 is 1.83 bits per heavy atom. The first-order valence-electron chi connectivity index (χ1n) is 11.7. The first-order chi connectivity index (χ1) is 16.9. The minimum atomic E-state index is -0.789. The fraction of sp³-hybridized carbons (Fsp3) is 0.333. The number of aromatic nitrogens is 1. The van der Waals surface area contributed by atoms with E-state index in [1.807, 2.05) is 45.0 Å². The molecular weight excluding hydrogens is 448 g/mol. The Hall–Kier alpha value is -3.78. The second-order valence-electron chi connectivity index (χ2n) is 8.22. The third-order valence-corrected chi connectivity index (χ3v) is 6.11. The number of aromatic amines is 1. The number of nitrogens with one attached hydrogen (secondary N) is 1. The third-order valence-electron chi connectivity index (χ3n) is 6.11. The van der Waals surface area contributed by atoms with Crippen LogP contribution in [0.15, 0.2) is 48.0 Å². The molecule has 2 heterocycles. The Kier molecular flexibility index (Phi) is 7.12. The quantitative estimate of drug-likeness (QED) is 0.270. The lowest BCUT2D eigenvalue weighted by molar-refractivity contribution is -0.140. The highest BCUT2D eigenvalue weighted by Crippen LogP contribution is 2.44. The fourth-order valence-corrected chi connectivity index (χ4v) is 4.63. The number of hydrogen-bond donors (Lipinski definition) is 2. The van der Waals surface area contributed by atoms with Crippen molar-refractivity contribution in [3.05, 3.63) is 64.9 Å². The van der Waals surface area contributed by atoms with Gasteiger partial charge >= 0.3 is 0 Å². The summed E-state index contributed by atoms with van der Waals surface area (Å²) in [6.07, 6.45) is 0. The zero-order valence-electron chi connectivity index (χ0n) is 20.4. The Morgan fingerprint density at radius 3 is 2.54 bits per heavy atom. The van der Waals surface area contributed by atoms with Crippen LogP contribution in [-0.2, 0) is 14.3 Å².